The Hall–Kier alpha value is -2.77. The standard InChI is InChI=1S/C15H26N6O7/c1-8(24)11(14(25)26)19-15(27)18-10(4-2-3-5-17-7-23)13-20-12(21-28-13)9(16)6-22/h7-11,22,24H,2-6,16H2,1H3,(H,17,23)(H,25,26)(H2,18,19,27). The number of hydrogen-bond acceptors (Lipinski definition) is 9. The Morgan fingerprint density at radius 1 is 1.32 bits per heavy atom. The number of carbonyl (C=O) groups excluding carboxylic acids is 2. The molecular weight excluding hydrogens is 376 g/mol. The highest BCUT2D eigenvalue weighted by Gasteiger charge is 2.28. The summed E-state index contributed by atoms with van der Waals surface area (Å²) in [6, 6.07) is -3.98. The number of carbonyl (C=O) groups is 3. The smallest absolute Gasteiger partial charge is 0.328 e. The van der Waals surface area contributed by atoms with Crippen LogP contribution in [0.15, 0.2) is 4.52 Å². The lowest BCUT2D eigenvalue weighted by Gasteiger charge is -2.20. The fraction of sp³-hybridized carbons (Fsp3) is 0.667. The molecule has 4 unspecified atom stereocenters. The Morgan fingerprint density at radius 2 is 2.04 bits per heavy atom. The van der Waals surface area contributed by atoms with Crippen molar-refractivity contribution in [2.24, 2.45) is 5.73 Å². The van der Waals surface area contributed by atoms with E-state index in [-0.39, 0.29) is 11.7 Å². The summed E-state index contributed by atoms with van der Waals surface area (Å²) in [6.45, 7) is 1.27. The molecule has 0 fully saturated rings. The summed E-state index contributed by atoms with van der Waals surface area (Å²) < 4.78 is 5.10. The molecule has 0 radical (unpaired) electrons. The van der Waals surface area contributed by atoms with E-state index in [0.717, 1.165) is 0 Å². The molecule has 1 aromatic rings. The summed E-state index contributed by atoms with van der Waals surface area (Å²) in [4.78, 5) is 37.6. The van der Waals surface area contributed by atoms with Crippen LogP contribution in [0.2, 0.25) is 0 Å². The highest BCUT2D eigenvalue weighted by molar-refractivity contribution is 5.83. The van der Waals surface area contributed by atoms with Crippen LogP contribution in [0.4, 0.5) is 4.79 Å². The maximum absolute atomic E-state index is 12.2. The fourth-order valence-electron chi connectivity index (χ4n) is 2.24. The normalized spacial score (nSPS) is 15.1. The molecule has 13 heteroatoms. The van der Waals surface area contributed by atoms with Crippen molar-refractivity contribution in [1.29, 1.82) is 0 Å². The number of unbranched alkanes of at least 4 members (excludes halogenated alkanes) is 1. The molecule has 1 heterocycles. The van der Waals surface area contributed by atoms with Crippen molar-refractivity contribution in [2.45, 2.75) is 50.4 Å². The van der Waals surface area contributed by atoms with Gasteiger partial charge in [-0.25, -0.2) is 9.59 Å². The molecule has 4 atom stereocenters. The van der Waals surface area contributed by atoms with Crippen molar-refractivity contribution >= 4 is 18.4 Å². The van der Waals surface area contributed by atoms with Gasteiger partial charge in [0.25, 0.3) is 0 Å². The van der Waals surface area contributed by atoms with Crippen LogP contribution in [0.5, 0.6) is 0 Å². The molecule has 0 aliphatic heterocycles. The number of amides is 3. The Kier molecular flexibility index (Phi) is 9.84. The molecule has 0 aliphatic rings. The number of aliphatic carboxylic acids is 1. The average molecular weight is 402 g/mol. The number of carboxylic acids is 1. The third kappa shape index (κ3) is 7.46. The topological polar surface area (TPSA) is 213 Å². The Morgan fingerprint density at radius 3 is 2.61 bits per heavy atom. The molecule has 158 valence electrons. The summed E-state index contributed by atoms with van der Waals surface area (Å²) in [5.41, 5.74) is 5.63. The van der Waals surface area contributed by atoms with E-state index in [0.29, 0.717) is 32.2 Å². The minimum atomic E-state index is -1.50. The van der Waals surface area contributed by atoms with Crippen LogP contribution in [-0.2, 0) is 9.59 Å². The van der Waals surface area contributed by atoms with E-state index in [2.05, 4.69) is 26.1 Å². The van der Waals surface area contributed by atoms with E-state index in [9.17, 15) is 19.5 Å². The molecule has 0 spiro atoms. The second kappa shape index (κ2) is 11.8. The number of aromatic nitrogens is 2. The largest absolute Gasteiger partial charge is 0.480 e. The second-order valence-corrected chi connectivity index (χ2v) is 6.07. The summed E-state index contributed by atoms with van der Waals surface area (Å²) in [6.07, 6.45) is 0.783. The number of rotatable bonds is 13. The number of nitrogens with one attached hydrogen (secondary N) is 3. The average Bonchev–Trinajstić information content (AvgIpc) is 3.13. The third-order valence-electron chi connectivity index (χ3n) is 3.77. The third-order valence-corrected chi connectivity index (χ3v) is 3.77. The highest BCUT2D eigenvalue weighted by atomic mass is 16.5. The second-order valence-electron chi connectivity index (χ2n) is 6.07. The van der Waals surface area contributed by atoms with Crippen LogP contribution in [0.1, 0.15) is 50.0 Å². The number of aliphatic hydroxyl groups excluding tert-OH is 2. The maximum Gasteiger partial charge on any atom is 0.328 e. The van der Waals surface area contributed by atoms with Crippen molar-refractivity contribution < 1.29 is 34.2 Å². The lowest BCUT2D eigenvalue weighted by molar-refractivity contribution is -0.141. The molecular formula is C15H26N6O7. The monoisotopic (exact) mass is 402 g/mol. The zero-order valence-corrected chi connectivity index (χ0v) is 15.4. The quantitative estimate of drug-likeness (QED) is 0.144. The van der Waals surface area contributed by atoms with E-state index in [1.165, 1.54) is 6.92 Å². The maximum atomic E-state index is 12.2. The van der Waals surface area contributed by atoms with Crippen LogP contribution in [0.3, 0.4) is 0 Å². The van der Waals surface area contributed by atoms with Crippen molar-refractivity contribution in [3.63, 3.8) is 0 Å². The summed E-state index contributed by atoms with van der Waals surface area (Å²) in [5.74, 6) is -1.31. The Labute approximate surface area is 160 Å². The number of hydrogen-bond donors (Lipinski definition) is 7. The predicted molar refractivity (Wildman–Crippen MR) is 93.7 cm³/mol. The van der Waals surface area contributed by atoms with Gasteiger partial charge in [-0.1, -0.05) is 5.16 Å². The molecule has 1 aromatic heterocycles. The number of nitrogens with two attached hydrogens (primary N) is 1. The van der Waals surface area contributed by atoms with Crippen LogP contribution in [0, 0.1) is 0 Å². The number of nitrogens with zero attached hydrogens (tertiary/aromatic N) is 2. The van der Waals surface area contributed by atoms with Gasteiger partial charge in [-0.05, 0) is 26.2 Å². The molecule has 0 aromatic carbocycles. The van der Waals surface area contributed by atoms with Gasteiger partial charge in [0.15, 0.2) is 11.9 Å². The Bertz CT molecular complexity index is 638. The summed E-state index contributed by atoms with van der Waals surface area (Å²) >= 11 is 0. The first-order valence-corrected chi connectivity index (χ1v) is 8.65. The lowest BCUT2D eigenvalue weighted by atomic mass is 10.1. The van der Waals surface area contributed by atoms with Gasteiger partial charge in [-0.2, -0.15) is 4.98 Å². The van der Waals surface area contributed by atoms with Gasteiger partial charge >= 0.3 is 12.0 Å². The van der Waals surface area contributed by atoms with E-state index < -0.39 is 42.8 Å². The molecule has 0 aliphatic carbocycles. The first-order chi connectivity index (χ1) is 13.3. The number of carboxylic acid groups (broad SMARTS) is 1. The van der Waals surface area contributed by atoms with E-state index in [1.54, 1.807) is 0 Å². The van der Waals surface area contributed by atoms with E-state index >= 15 is 0 Å². The zero-order valence-electron chi connectivity index (χ0n) is 15.4. The van der Waals surface area contributed by atoms with Gasteiger partial charge < -0.3 is 41.5 Å². The summed E-state index contributed by atoms with van der Waals surface area (Å²) in [5, 5.41) is 38.4. The first kappa shape index (κ1) is 23.3. The zero-order chi connectivity index (χ0) is 21.1. The first-order valence-electron chi connectivity index (χ1n) is 8.65. The molecule has 28 heavy (non-hydrogen) atoms. The molecule has 3 amide bonds. The number of urea groups is 1. The van der Waals surface area contributed by atoms with Crippen LogP contribution >= 0.6 is 0 Å². The highest BCUT2D eigenvalue weighted by Crippen LogP contribution is 2.19. The van der Waals surface area contributed by atoms with Gasteiger partial charge in [-0.15, -0.1) is 0 Å². The SMILES string of the molecule is CC(O)C(NC(=O)NC(CCCCNC=O)c1nc(C(N)CO)no1)C(=O)O. The minimum Gasteiger partial charge on any atom is -0.480 e. The molecule has 1 rings (SSSR count). The fourth-order valence-corrected chi connectivity index (χ4v) is 2.24. The van der Waals surface area contributed by atoms with E-state index in [4.69, 9.17) is 20.5 Å². The van der Waals surface area contributed by atoms with Crippen molar-refractivity contribution in [2.75, 3.05) is 13.2 Å². The van der Waals surface area contributed by atoms with Gasteiger partial charge in [0, 0.05) is 6.54 Å². The molecule has 0 saturated carbocycles. The van der Waals surface area contributed by atoms with Crippen molar-refractivity contribution in [3.05, 3.63) is 11.7 Å². The van der Waals surface area contributed by atoms with E-state index in [1.807, 2.05) is 0 Å². The molecule has 13 nitrogen and oxygen atoms in total. The van der Waals surface area contributed by atoms with Crippen LogP contribution < -0.4 is 21.7 Å². The van der Waals surface area contributed by atoms with Gasteiger partial charge in [0.2, 0.25) is 12.3 Å². The molecule has 0 bridgehead atoms. The van der Waals surface area contributed by atoms with Crippen LogP contribution in [-0.4, -0.2) is 69.2 Å². The summed E-state index contributed by atoms with van der Waals surface area (Å²) in [7, 11) is 0. The van der Waals surface area contributed by atoms with Crippen LogP contribution in [0.25, 0.3) is 0 Å². The van der Waals surface area contributed by atoms with Gasteiger partial charge in [-0.3, -0.25) is 4.79 Å². The Balaban J connectivity index is 2.81. The van der Waals surface area contributed by atoms with Crippen molar-refractivity contribution in [1.82, 2.24) is 26.1 Å². The predicted octanol–water partition coefficient (Wildman–Crippen LogP) is -1.85. The van der Waals surface area contributed by atoms with Crippen molar-refractivity contribution in [3.8, 4) is 0 Å². The minimum absolute atomic E-state index is 0.0290. The number of aliphatic hydroxyl groups is 2. The molecule has 8 N–H and O–H groups in total. The van der Waals surface area contributed by atoms with Gasteiger partial charge in [0.05, 0.1) is 18.8 Å². The lowest BCUT2D eigenvalue weighted by Crippen LogP contribution is -2.51. The van der Waals surface area contributed by atoms with Gasteiger partial charge in [0.1, 0.15) is 6.04 Å². The molecule has 0 saturated heterocycles.